The fraction of sp³-hybridized carbons (Fsp3) is 0.429. The number of alkyl halides is 2. The van der Waals surface area contributed by atoms with E-state index in [1.807, 2.05) is 0 Å². The maximum absolute atomic E-state index is 13.2. The van der Waals surface area contributed by atoms with E-state index in [0.29, 0.717) is 5.06 Å². The molecular weight excluding hydrogens is 414 g/mol. The Hall–Kier alpha value is -3.30. The van der Waals surface area contributed by atoms with Crippen LogP contribution in [0.1, 0.15) is 54.3 Å². The lowest BCUT2D eigenvalue weighted by molar-refractivity contribution is -0.174. The first kappa shape index (κ1) is 22.4. The number of fused-ring (bicyclic) bond motifs is 1. The average Bonchev–Trinajstić information content (AvgIpc) is 2.91. The summed E-state index contributed by atoms with van der Waals surface area (Å²) < 4.78 is 31.5. The number of benzene rings is 1. The molecule has 1 heterocycles. The molecule has 2 atom stereocenters. The Balaban J connectivity index is 1.76. The minimum atomic E-state index is -2.75. The van der Waals surface area contributed by atoms with Gasteiger partial charge in [0.05, 0.1) is 17.0 Å². The Kier molecular flexibility index (Phi) is 6.10. The van der Waals surface area contributed by atoms with Crippen LogP contribution in [-0.2, 0) is 14.4 Å². The topological polar surface area (TPSA) is 102 Å². The molecule has 0 saturated carbocycles. The number of carbonyl (C=O) groups is 4. The van der Waals surface area contributed by atoms with Crippen molar-refractivity contribution in [2.24, 2.45) is 5.92 Å². The fourth-order valence-corrected chi connectivity index (χ4v) is 3.38. The zero-order chi connectivity index (χ0) is 22.9. The lowest BCUT2D eigenvalue weighted by Crippen LogP contribution is -2.48. The molecule has 3 amide bonds. The van der Waals surface area contributed by atoms with Gasteiger partial charge in [-0.25, -0.2) is 18.4 Å². The van der Waals surface area contributed by atoms with Crippen molar-refractivity contribution < 1.29 is 37.5 Å². The first-order chi connectivity index (χ1) is 14.5. The summed E-state index contributed by atoms with van der Waals surface area (Å²) in [5, 5.41) is 2.78. The second kappa shape index (κ2) is 8.44. The molecule has 8 nitrogen and oxygen atoms in total. The lowest BCUT2D eigenvalue weighted by Gasteiger charge is -2.31. The molecule has 1 aromatic rings. The molecule has 1 aliphatic carbocycles. The number of ether oxygens (including phenoxy) is 1. The van der Waals surface area contributed by atoms with Crippen LogP contribution >= 0.6 is 0 Å². The van der Waals surface area contributed by atoms with Gasteiger partial charge in [0, 0.05) is 6.04 Å². The second-order valence-electron chi connectivity index (χ2n) is 8.24. The number of carbonyl (C=O) groups excluding carboxylic acids is 4. The van der Waals surface area contributed by atoms with Crippen molar-refractivity contribution in [1.29, 1.82) is 0 Å². The van der Waals surface area contributed by atoms with Crippen LogP contribution in [0.25, 0.3) is 0 Å². The number of rotatable bonds is 4. The van der Waals surface area contributed by atoms with Crippen LogP contribution in [-0.4, -0.2) is 47.0 Å². The summed E-state index contributed by atoms with van der Waals surface area (Å²) in [6, 6.07) is 4.91. The van der Waals surface area contributed by atoms with E-state index in [1.165, 1.54) is 18.2 Å². The van der Waals surface area contributed by atoms with Crippen molar-refractivity contribution in [2.75, 3.05) is 0 Å². The van der Waals surface area contributed by atoms with E-state index < -0.39 is 47.9 Å². The largest absolute Gasteiger partial charge is 0.444 e. The number of nitrogens with zero attached hydrogens (tertiary/aromatic N) is 1. The van der Waals surface area contributed by atoms with Crippen molar-refractivity contribution in [1.82, 2.24) is 10.4 Å². The third kappa shape index (κ3) is 4.89. The van der Waals surface area contributed by atoms with E-state index in [9.17, 15) is 28.0 Å². The Morgan fingerprint density at radius 2 is 1.71 bits per heavy atom. The number of halogens is 2. The molecule has 31 heavy (non-hydrogen) atoms. The number of allylic oxidation sites excluding steroid dienone is 1. The normalized spacial score (nSPS) is 21.0. The maximum Gasteiger partial charge on any atom is 0.407 e. The van der Waals surface area contributed by atoms with Gasteiger partial charge in [0.1, 0.15) is 5.60 Å². The standard InChI is InChI=1S/C21H22F2N2O6/c1-21(2,3)30-20(29)24-15-10-11(16(22)23)8-9-14(15)19(28)31-25-17(26)12-6-4-5-7-13(12)18(25)27/h4-8,14-16H,9-10H2,1-3H3,(H,24,29). The number of hydrogen-bond acceptors (Lipinski definition) is 6. The first-order valence-corrected chi connectivity index (χ1v) is 9.64. The van der Waals surface area contributed by atoms with Crippen LogP contribution in [0, 0.1) is 5.92 Å². The summed E-state index contributed by atoms with van der Waals surface area (Å²) in [4.78, 5) is 54.8. The van der Waals surface area contributed by atoms with Crippen LogP contribution in [0.15, 0.2) is 35.9 Å². The molecule has 0 spiro atoms. The van der Waals surface area contributed by atoms with Crippen LogP contribution in [0.5, 0.6) is 0 Å². The predicted octanol–water partition coefficient (Wildman–Crippen LogP) is 3.24. The zero-order valence-corrected chi connectivity index (χ0v) is 17.2. The minimum absolute atomic E-state index is 0.0901. The molecule has 0 bridgehead atoms. The molecule has 2 unspecified atom stereocenters. The van der Waals surface area contributed by atoms with Crippen molar-refractivity contribution in [3.05, 3.63) is 47.0 Å². The highest BCUT2D eigenvalue weighted by Gasteiger charge is 2.42. The smallest absolute Gasteiger partial charge is 0.407 e. The van der Waals surface area contributed by atoms with Crippen LogP contribution < -0.4 is 5.32 Å². The van der Waals surface area contributed by atoms with Crippen LogP contribution in [0.3, 0.4) is 0 Å². The molecule has 166 valence electrons. The predicted molar refractivity (Wildman–Crippen MR) is 103 cm³/mol. The molecule has 1 N–H and O–H groups in total. The van der Waals surface area contributed by atoms with Crippen LogP contribution in [0.2, 0.25) is 0 Å². The Morgan fingerprint density at radius 3 is 2.23 bits per heavy atom. The maximum atomic E-state index is 13.2. The summed E-state index contributed by atoms with van der Waals surface area (Å²) in [6.07, 6.45) is -2.91. The summed E-state index contributed by atoms with van der Waals surface area (Å²) in [5.41, 5.74) is -0.888. The van der Waals surface area contributed by atoms with Gasteiger partial charge in [0.25, 0.3) is 18.2 Å². The molecule has 2 aliphatic rings. The van der Waals surface area contributed by atoms with Crippen molar-refractivity contribution in [3.8, 4) is 0 Å². The number of alkyl carbamates (subject to hydrolysis) is 1. The van der Waals surface area contributed by atoms with Gasteiger partial charge in [0.2, 0.25) is 0 Å². The molecule has 0 aromatic heterocycles. The quantitative estimate of drug-likeness (QED) is 0.574. The second-order valence-corrected chi connectivity index (χ2v) is 8.24. The SMILES string of the molecule is CC(C)(C)OC(=O)NC1CC(C(F)F)=CCC1C(=O)ON1C(=O)c2ccccc2C1=O. The fourth-order valence-electron chi connectivity index (χ4n) is 3.38. The Labute approximate surface area is 177 Å². The molecule has 0 radical (unpaired) electrons. The number of nitrogens with one attached hydrogen (secondary N) is 1. The van der Waals surface area contributed by atoms with Gasteiger partial charge < -0.3 is 14.9 Å². The molecule has 0 fully saturated rings. The first-order valence-electron chi connectivity index (χ1n) is 9.64. The number of hydrogen-bond donors (Lipinski definition) is 1. The van der Waals surface area contributed by atoms with Gasteiger partial charge in [-0.3, -0.25) is 9.59 Å². The summed E-state index contributed by atoms with van der Waals surface area (Å²) >= 11 is 0. The van der Waals surface area contributed by atoms with E-state index in [2.05, 4.69) is 5.32 Å². The Bertz CT molecular complexity index is 918. The average molecular weight is 436 g/mol. The number of amides is 3. The third-order valence-corrected chi connectivity index (χ3v) is 4.80. The highest BCUT2D eigenvalue weighted by Crippen LogP contribution is 2.31. The Morgan fingerprint density at radius 1 is 1.13 bits per heavy atom. The highest BCUT2D eigenvalue weighted by atomic mass is 19.3. The molecule has 10 heteroatoms. The van der Waals surface area contributed by atoms with Gasteiger partial charge in [-0.2, -0.15) is 0 Å². The molecule has 3 rings (SSSR count). The summed E-state index contributed by atoms with van der Waals surface area (Å²) in [6.45, 7) is 4.89. The lowest BCUT2D eigenvalue weighted by atomic mass is 9.85. The van der Waals surface area contributed by atoms with Crippen LogP contribution in [0.4, 0.5) is 13.6 Å². The van der Waals surface area contributed by atoms with Crippen molar-refractivity contribution >= 4 is 23.9 Å². The summed E-state index contributed by atoms with van der Waals surface area (Å²) in [7, 11) is 0. The van der Waals surface area contributed by atoms with Gasteiger partial charge in [-0.05, 0) is 51.3 Å². The van der Waals surface area contributed by atoms with Gasteiger partial charge in [-0.1, -0.05) is 23.3 Å². The van der Waals surface area contributed by atoms with E-state index >= 15 is 0 Å². The van der Waals surface area contributed by atoms with Gasteiger partial charge >= 0.3 is 12.1 Å². The van der Waals surface area contributed by atoms with E-state index in [4.69, 9.17) is 9.57 Å². The van der Waals surface area contributed by atoms with Gasteiger partial charge in [-0.15, -0.1) is 0 Å². The molecular formula is C21H22F2N2O6. The molecule has 1 aromatic carbocycles. The zero-order valence-electron chi connectivity index (χ0n) is 17.2. The summed E-state index contributed by atoms with van der Waals surface area (Å²) in [5.74, 6) is -3.70. The van der Waals surface area contributed by atoms with E-state index in [1.54, 1.807) is 32.9 Å². The van der Waals surface area contributed by atoms with E-state index in [-0.39, 0.29) is 29.5 Å². The van der Waals surface area contributed by atoms with E-state index in [0.717, 1.165) is 0 Å². The highest BCUT2D eigenvalue weighted by molar-refractivity contribution is 6.20. The van der Waals surface area contributed by atoms with Crippen molar-refractivity contribution in [3.63, 3.8) is 0 Å². The molecule has 0 saturated heterocycles. The minimum Gasteiger partial charge on any atom is -0.444 e. The monoisotopic (exact) mass is 436 g/mol. The number of imide groups is 1. The van der Waals surface area contributed by atoms with Gasteiger partial charge in [0.15, 0.2) is 0 Å². The van der Waals surface area contributed by atoms with Crippen molar-refractivity contribution in [2.45, 2.75) is 51.7 Å². The number of hydroxylamine groups is 2. The third-order valence-electron chi connectivity index (χ3n) is 4.80. The molecule has 1 aliphatic heterocycles.